The highest BCUT2D eigenvalue weighted by Gasteiger charge is 2.33. The van der Waals surface area contributed by atoms with E-state index in [-0.39, 0.29) is 16.5 Å². The maximum atomic E-state index is 12.7. The highest BCUT2D eigenvalue weighted by atomic mass is 35.5. The summed E-state index contributed by atoms with van der Waals surface area (Å²) in [5, 5.41) is 2.24. The number of carbonyl (C=O) groups is 1. The lowest BCUT2D eigenvalue weighted by molar-refractivity contribution is -0.137. The summed E-state index contributed by atoms with van der Waals surface area (Å²) in [7, 11) is 0. The number of rotatable bonds is 7. The van der Waals surface area contributed by atoms with E-state index in [1.54, 1.807) is 0 Å². The van der Waals surface area contributed by atoms with Crippen LogP contribution in [0.4, 0.5) is 13.2 Å². The first-order chi connectivity index (χ1) is 10.3. The topological polar surface area (TPSA) is 38.3 Å². The fourth-order valence-electron chi connectivity index (χ4n) is 1.62. The van der Waals surface area contributed by atoms with Crippen LogP contribution in [0.25, 0.3) is 6.08 Å². The van der Waals surface area contributed by atoms with Crippen LogP contribution < -0.4 is 5.32 Å². The molecule has 0 aliphatic heterocycles. The fraction of sp³-hybridized carbons (Fsp3) is 0.400. The van der Waals surface area contributed by atoms with Gasteiger partial charge in [-0.1, -0.05) is 17.7 Å². The van der Waals surface area contributed by atoms with Gasteiger partial charge in [0.05, 0.1) is 10.6 Å². The van der Waals surface area contributed by atoms with Crippen LogP contribution >= 0.6 is 11.6 Å². The zero-order valence-electron chi connectivity index (χ0n) is 12.0. The summed E-state index contributed by atoms with van der Waals surface area (Å²) in [4.78, 5) is 11.5. The molecular weight excluding hydrogens is 319 g/mol. The Morgan fingerprint density at radius 2 is 2.14 bits per heavy atom. The summed E-state index contributed by atoms with van der Waals surface area (Å²) in [6.45, 7) is 3.48. The van der Waals surface area contributed by atoms with Crippen molar-refractivity contribution < 1.29 is 22.7 Å². The van der Waals surface area contributed by atoms with E-state index in [1.807, 2.05) is 6.92 Å². The third-order valence-corrected chi connectivity index (χ3v) is 3.02. The summed E-state index contributed by atoms with van der Waals surface area (Å²) in [5.41, 5.74) is -0.672. The van der Waals surface area contributed by atoms with E-state index in [1.165, 1.54) is 18.2 Å². The predicted octanol–water partition coefficient (Wildman–Crippen LogP) is 3.91. The van der Waals surface area contributed by atoms with Gasteiger partial charge in [-0.2, -0.15) is 13.2 Å². The Kier molecular flexibility index (Phi) is 7.41. The normalized spacial score (nSPS) is 11.9. The number of benzene rings is 1. The zero-order valence-corrected chi connectivity index (χ0v) is 12.8. The molecule has 0 radical (unpaired) electrons. The number of hydrogen-bond acceptors (Lipinski definition) is 2. The standard InChI is InChI=1S/C15H17ClF3NO2/c1-2-22-9-3-8-20-14(21)7-5-11-4-6-13(16)12(10-11)15(17,18)19/h4-7,10H,2-3,8-9H2,1H3,(H,20,21)/b7-5+. The molecule has 0 spiro atoms. The summed E-state index contributed by atoms with van der Waals surface area (Å²) < 4.78 is 43.2. The van der Waals surface area contributed by atoms with Crippen LogP contribution in [0.15, 0.2) is 24.3 Å². The highest BCUT2D eigenvalue weighted by Crippen LogP contribution is 2.35. The zero-order chi connectivity index (χ0) is 16.6. The lowest BCUT2D eigenvalue weighted by atomic mass is 10.1. The monoisotopic (exact) mass is 335 g/mol. The Labute approximate surface area is 132 Å². The number of amides is 1. The van der Waals surface area contributed by atoms with Gasteiger partial charge in [0.25, 0.3) is 0 Å². The molecule has 0 aliphatic carbocycles. The number of hydrogen-bond donors (Lipinski definition) is 1. The Balaban J connectivity index is 2.57. The van der Waals surface area contributed by atoms with Crippen molar-refractivity contribution in [3.05, 3.63) is 40.4 Å². The van der Waals surface area contributed by atoms with Crippen LogP contribution in [-0.4, -0.2) is 25.7 Å². The first-order valence-electron chi connectivity index (χ1n) is 6.75. The molecule has 22 heavy (non-hydrogen) atoms. The van der Waals surface area contributed by atoms with Crippen LogP contribution in [0, 0.1) is 0 Å². The molecular formula is C15H17ClF3NO2. The Bertz CT molecular complexity index is 530. The molecule has 1 aromatic carbocycles. The minimum Gasteiger partial charge on any atom is -0.382 e. The molecule has 0 aliphatic rings. The van der Waals surface area contributed by atoms with Crippen molar-refractivity contribution in [2.45, 2.75) is 19.5 Å². The van der Waals surface area contributed by atoms with Gasteiger partial charge in [0, 0.05) is 25.8 Å². The van der Waals surface area contributed by atoms with Crippen LogP contribution in [-0.2, 0) is 15.7 Å². The number of nitrogens with one attached hydrogen (secondary N) is 1. The summed E-state index contributed by atoms with van der Waals surface area (Å²) in [6.07, 6.45) is -1.36. The van der Waals surface area contributed by atoms with E-state index >= 15 is 0 Å². The first kappa shape index (κ1) is 18.5. The Morgan fingerprint density at radius 1 is 1.41 bits per heavy atom. The lowest BCUT2D eigenvalue weighted by Gasteiger charge is -2.09. The van der Waals surface area contributed by atoms with E-state index < -0.39 is 11.7 Å². The van der Waals surface area contributed by atoms with Gasteiger partial charge in [0.15, 0.2) is 0 Å². The molecule has 0 heterocycles. The predicted molar refractivity (Wildman–Crippen MR) is 79.6 cm³/mol. The maximum Gasteiger partial charge on any atom is 0.417 e. The molecule has 0 atom stereocenters. The molecule has 0 unspecified atom stereocenters. The first-order valence-corrected chi connectivity index (χ1v) is 7.12. The molecule has 0 saturated heterocycles. The van der Waals surface area contributed by atoms with Crippen LogP contribution in [0.2, 0.25) is 5.02 Å². The third kappa shape index (κ3) is 6.49. The second-order valence-electron chi connectivity index (χ2n) is 4.41. The van der Waals surface area contributed by atoms with Crippen molar-refractivity contribution in [2.75, 3.05) is 19.8 Å². The van der Waals surface area contributed by atoms with Gasteiger partial charge in [-0.25, -0.2) is 0 Å². The molecule has 1 N–H and O–H groups in total. The second kappa shape index (κ2) is 8.80. The molecule has 122 valence electrons. The molecule has 0 fully saturated rings. The van der Waals surface area contributed by atoms with Gasteiger partial charge in [-0.3, -0.25) is 4.79 Å². The van der Waals surface area contributed by atoms with E-state index in [9.17, 15) is 18.0 Å². The molecule has 7 heteroatoms. The highest BCUT2D eigenvalue weighted by molar-refractivity contribution is 6.31. The van der Waals surface area contributed by atoms with E-state index in [0.29, 0.717) is 26.2 Å². The third-order valence-electron chi connectivity index (χ3n) is 2.69. The quantitative estimate of drug-likeness (QED) is 0.606. The average molecular weight is 336 g/mol. The van der Waals surface area contributed by atoms with Gasteiger partial charge in [0.1, 0.15) is 0 Å². The molecule has 1 aromatic rings. The van der Waals surface area contributed by atoms with Crippen molar-refractivity contribution in [1.82, 2.24) is 5.32 Å². The number of halogens is 4. The molecule has 1 amide bonds. The van der Waals surface area contributed by atoms with E-state index in [0.717, 1.165) is 12.1 Å². The molecule has 3 nitrogen and oxygen atoms in total. The largest absolute Gasteiger partial charge is 0.417 e. The van der Waals surface area contributed by atoms with Crippen molar-refractivity contribution in [3.63, 3.8) is 0 Å². The van der Waals surface area contributed by atoms with Gasteiger partial charge < -0.3 is 10.1 Å². The van der Waals surface area contributed by atoms with Crippen LogP contribution in [0.1, 0.15) is 24.5 Å². The lowest BCUT2D eigenvalue weighted by Crippen LogP contribution is -2.23. The van der Waals surface area contributed by atoms with Gasteiger partial charge in [-0.05, 0) is 37.1 Å². The second-order valence-corrected chi connectivity index (χ2v) is 4.82. The van der Waals surface area contributed by atoms with Crippen molar-refractivity contribution in [3.8, 4) is 0 Å². The van der Waals surface area contributed by atoms with Crippen molar-refractivity contribution >= 4 is 23.6 Å². The number of carbonyl (C=O) groups excluding carboxylic acids is 1. The molecule has 0 saturated carbocycles. The summed E-state index contributed by atoms with van der Waals surface area (Å²) in [5.74, 6) is -0.375. The van der Waals surface area contributed by atoms with Crippen LogP contribution in [0.3, 0.4) is 0 Å². The smallest absolute Gasteiger partial charge is 0.382 e. The van der Waals surface area contributed by atoms with Gasteiger partial charge in [-0.15, -0.1) is 0 Å². The van der Waals surface area contributed by atoms with E-state index in [2.05, 4.69) is 5.32 Å². The Hall–Kier alpha value is -1.53. The molecule has 0 aromatic heterocycles. The minimum atomic E-state index is -4.53. The number of alkyl halides is 3. The number of ether oxygens (including phenoxy) is 1. The summed E-state index contributed by atoms with van der Waals surface area (Å²) in [6, 6.07) is 3.47. The Morgan fingerprint density at radius 3 is 2.77 bits per heavy atom. The SMILES string of the molecule is CCOCCCNC(=O)/C=C/c1ccc(Cl)c(C(F)(F)F)c1. The van der Waals surface area contributed by atoms with Crippen molar-refractivity contribution in [1.29, 1.82) is 0 Å². The van der Waals surface area contributed by atoms with Crippen molar-refractivity contribution in [2.24, 2.45) is 0 Å². The minimum absolute atomic E-state index is 0.251. The molecule has 1 rings (SSSR count). The van der Waals surface area contributed by atoms with E-state index in [4.69, 9.17) is 16.3 Å². The maximum absolute atomic E-state index is 12.7. The van der Waals surface area contributed by atoms with Gasteiger partial charge >= 0.3 is 6.18 Å². The van der Waals surface area contributed by atoms with Gasteiger partial charge in [0.2, 0.25) is 5.91 Å². The fourth-order valence-corrected chi connectivity index (χ4v) is 1.85. The van der Waals surface area contributed by atoms with Crippen LogP contribution in [0.5, 0.6) is 0 Å². The molecule has 0 bridgehead atoms. The average Bonchev–Trinajstić information content (AvgIpc) is 2.45. The summed E-state index contributed by atoms with van der Waals surface area (Å²) >= 11 is 5.52.